The zero-order valence-corrected chi connectivity index (χ0v) is 13.2. The SMILES string of the molecule is Cc1ccc(S(=O)n2ccc3c(N)c(C)cc(C)c32)cc1. The summed E-state index contributed by atoms with van der Waals surface area (Å²) in [6, 6.07) is 11.8. The fourth-order valence-corrected chi connectivity index (χ4v) is 3.78. The summed E-state index contributed by atoms with van der Waals surface area (Å²) in [5, 5.41) is 0.966. The molecule has 1 aromatic heterocycles. The van der Waals surface area contributed by atoms with E-state index in [1.165, 1.54) is 0 Å². The molecule has 0 radical (unpaired) electrons. The molecule has 0 aliphatic rings. The number of nitrogen functional groups attached to an aromatic ring is 1. The Morgan fingerprint density at radius 2 is 1.67 bits per heavy atom. The Bertz CT molecular complexity index is 847. The van der Waals surface area contributed by atoms with Crippen molar-refractivity contribution in [3.8, 4) is 0 Å². The van der Waals surface area contributed by atoms with Crippen molar-refractivity contribution in [2.24, 2.45) is 0 Å². The highest BCUT2D eigenvalue weighted by atomic mass is 32.2. The molecule has 21 heavy (non-hydrogen) atoms. The predicted molar refractivity (Wildman–Crippen MR) is 88.8 cm³/mol. The number of rotatable bonds is 2. The lowest BCUT2D eigenvalue weighted by molar-refractivity contribution is 0.678. The molecule has 0 saturated carbocycles. The van der Waals surface area contributed by atoms with Gasteiger partial charge >= 0.3 is 0 Å². The molecule has 3 aromatic rings. The lowest BCUT2D eigenvalue weighted by Gasteiger charge is -2.10. The van der Waals surface area contributed by atoms with Crippen LogP contribution >= 0.6 is 0 Å². The number of nitrogens with zero attached hydrogens (tertiary/aromatic N) is 1. The molecule has 2 N–H and O–H groups in total. The Balaban J connectivity index is 2.19. The third-order valence-corrected chi connectivity index (χ3v) is 5.11. The molecule has 0 bridgehead atoms. The third-order valence-electron chi connectivity index (χ3n) is 3.77. The second-order valence-corrected chi connectivity index (χ2v) is 6.75. The molecule has 0 aliphatic carbocycles. The highest BCUT2D eigenvalue weighted by Crippen LogP contribution is 2.30. The van der Waals surface area contributed by atoms with E-state index in [9.17, 15) is 4.21 Å². The Morgan fingerprint density at radius 1 is 1.00 bits per heavy atom. The van der Waals surface area contributed by atoms with Crippen molar-refractivity contribution in [1.82, 2.24) is 3.97 Å². The van der Waals surface area contributed by atoms with Gasteiger partial charge < -0.3 is 5.73 Å². The topological polar surface area (TPSA) is 48.0 Å². The molecule has 3 rings (SSSR count). The third kappa shape index (κ3) is 2.25. The molecule has 1 heterocycles. The normalized spacial score (nSPS) is 12.7. The molecular formula is C17H18N2OS. The van der Waals surface area contributed by atoms with Crippen molar-refractivity contribution in [2.75, 3.05) is 5.73 Å². The minimum Gasteiger partial charge on any atom is -0.398 e. The summed E-state index contributed by atoms with van der Waals surface area (Å²) >= 11 is 0. The number of aryl methyl sites for hydroxylation is 3. The van der Waals surface area contributed by atoms with Crippen LogP contribution in [0.25, 0.3) is 10.9 Å². The molecule has 0 spiro atoms. The smallest absolute Gasteiger partial charge is 0.157 e. The van der Waals surface area contributed by atoms with Crippen LogP contribution in [0.3, 0.4) is 0 Å². The fourth-order valence-electron chi connectivity index (χ4n) is 2.61. The van der Waals surface area contributed by atoms with E-state index in [1.807, 2.05) is 63.4 Å². The largest absolute Gasteiger partial charge is 0.398 e. The maximum Gasteiger partial charge on any atom is 0.157 e. The first-order chi connectivity index (χ1) is 9.99. The van der Waals surface area contributed by atoms with Gasteiger partial charge in [0.15, 0.2) is 11.0 Å². The van der Waals surface area contributed by atoms with E-state index in [1.54, 1.807) is 3.97 Å². The summed E-state index contributed by atoms with van der Waals surface area (Å²) in [5.41, 5.74) is 11.1. The van der Waals surface area contributed by atoms with Gasteiger partial charge in [0.25, 0.3) is 0 Å². The number of hydrogen-bond donors (Lipinski definition) is 1. The number of anilines is 1. The van der Waals surface area contributed by atoms with E-state index in [0.717, 1.165) is 38.2 Å². The average molecular weight is 298 g/mol. The van der Waals surface area contributed by atoms with Gasteiger partial charge in [-0.3, -0.25) is 3.97 Å². The van der Waals surface area contributed by atoms with Gasteiger partial charge in [-0.2, -0.15) is 0 Å². The van der Waals surface area contributed by atoms with Gasteiger partial charge in [-0.25, -0.2) is 4.21 Å². The van der Waals surface area contributed by atoms with Gasteiger partial charge in [0.2, 0.25) is 0 Å². The number of aromatic nitrogens is 1. The van der Waals surface area contributed by atoms with Crippen molar-refractivity contribution < 1.29 is 4.21 Å². The van der Waals surface area contributed by atoms with Crippen molar-refractivity contribution >= 4 is 27.6 Å². The number of hydrogen-bond acceptors (Lipinski definition) is 2. The van der Waals surface area contributed by atoms with E-state index < -0.39 is 11.0 Å². The van der Waals surface area contributed by atoms with E-state index >= 15 is 0 Å². The molecule has 0 saturated heterocycles. The predicted octanol–water partition coefficient (Wildman–Crippen LogP) is 3.72. The van der Waals surface area contributed by atoms with Crippen LogP contribution in [-0.2, 0) is 11.0 Å². The second-order valence-electron chi connectivity index (χ2n) is 5.39. The molecule has 0 fully saturated rings. The van der Waals surface area contributed by atoms with Crippen LogP contribution in [0, 0.1) is 20.8 Å². The van der Waals surface area contributed by atoms with Crippen LogP contribution < -0.4 is 5.73 Å². The number of benzene rings is 2. The lowest BCUT2D eigenvalue weighted by atomic mass is 10.1. The fraction of sp³-hybridized carbons (Fsp3) is 0.176. The van der Waals surface area contributed by atoms with Crippen LogP contribution in [0.5, 0.6) is 0 Å². The number of nitrogens with two attached hydrogens (primary N) is 1. The van der Waals surface area contributed by atoms with Gasteiger partial charge in [-0.05, 0) is 50.1 Å². The first-order valence-corrected chi connectivity index (χ1v) is 7.95. The molecule has 4 heteroatoms. The Kier molecular flexibility index (Phi) is 3.33. The van der Waals surface area contributed by atoms with E-state index in [2.05, 4.69) is 0 Å². The minimum absolute atomic E-state index is 0.759. The van der Waals surface area contributed by atoms with Gasteiger partial charge in [-0.1, -0.05) is 23.8 Å². The van der Waals surface area contributed by atoms with Crippen LogP contribution in [0.1, 0.15) is 16.7 Å². The van der Waals surface area contributed by atoms with Crippen LogP contribution in [-0.4, -0.2) is 8.18 Å². The van der Waals surface area contributed by atoms with Crippen LogP contribution in [0.4, 0.5) is 5.69 Å². The first-order valence-electron chi connectivity index (χ1n) is 6.84. The monoisotopic (exact) mass is 298 g/mol. The molecule has 108 valence electrons. The lowest BCUT2D eigenvalue weighted by Crippen LogP contribution is -2.05. The Labute approximate surface area is 127 Å². The van der Waals surface area contributed by atoms with Crippen LogP contribution in [0.15, 0.2) is 47.5 Å². The molecule has 1 atom stereocenters. The molecule has 1 unspecified atom stereocenters. The first kappa shape index (κ1) is 13.9. The maximum atomic E-state index is 12.8. The zero-order valence-electron chi connectivity index (χ0n) is 12.4. The van der Waals surface area contributed by atoms with Crippen LogP contribution in [0.2, 0.25) is 0 Å². The van der Waals surface area contributed by atoms with Gasteiger partial charge in [0.1, 0.15) is 0 Å². The minimum atomic E-state index is -1.26. The number of fused-ring (bicyclic) bond motifs is 1. The quantitative estimate of drug-likeness (QED) is 0.733. The van der Waals surface area contributed by atoms with Crippen molar-refractivity contribution in [3.05, 3.63) is 59.3 Å². The molecule has 3 nitrogen and oxygen atoms in total. The van der Waals surface area contributed by atoms with Crippen molar-refractivity contribution in [2.45, 2.75) is 25.7 Å². The molecular weight excluding hydrogens is 280 g/mol. The standard InChI is InChI=1S/C17H18N2OS/c1-11-4-6-14(7-5-11)21(20)19-9-8-15-16(18)12(2)10-13(3)17(15)19/h4-10H,18H2,1-3H3. The summed E-state index contributed by atoms with van der Waals surface area (Å²) in [5.74, 6) is 0. The molecule has 0 amide bonds. The Morgan fingerprint density at radius 3 is 2.33 bits per heavy atom. The highest BCUT2D eigenvalue weighted by Gasteiger charge is 2.14. The summed E-state index contributed by atoms with van der Waals surface area (Å²) in [6.45, 7) is 6.04. The van der Waals surface area contributed by atoms with Gasteiger partial charge in [0, 0.05) is 17.3 Å². The second kappa shape index (κ2) is 5.04. The van der Waals surface area contributed by atoms with Gasteiger partial charge in [-0.15, -0.1) is 0 Å². The summed E-state index contributed by atoms with van der Waals surface area (Å²) in [6.07, 6.45) is 1.85. The van der Waals surface area contributed by atoms with Gasteiger partial charge in [0.05, 0.1) is 10.4 Å². The van der Waals surface area contributed by atoms with E-state index in [4.69, 9.17) is 5.73 Å². The maximum absolute atomic E-state index is 12.8. The van der Waals surface area contributed by atoms with Crippen molar-refractivity contribution in [3.63, 3.8) is 0 Å². The molecule has 2 aromatic carbocycles. The Hall–Kier alpha value is -2.07. The molecule has 0 aliphatic heterocycles. The summed E-state index contributed by atoms with van der Waals surface area (Å²) in [7, 11) is -1.26. The zero-order chi connectivity index (χ0) is 15.1. The summed E-state index contributed by atoms with van der Waals surface area (Å²) < 4.78 is 14.6. The van der Waals surface area contributed by atoms with E-state index in [-0.39, 0.29) is 0 Å². The summed E-state index contributed by atoms with van der Waals surface area (Å²) in [4.78, 5) is 0.789. The van der Waals surface area contributed by atoms with Crippen molar-refractivity contribution in [1.29, 1.82) is 0 Å². The average Bonchev–Trinajstić information content (AvgIpc) is 2.90. The van der Waals surface area contributed by atoms with E-state index in [0.29, 0.717) is 0 Å². The highest BCUT2D eigenvalue weighted by molar-refractivity contribution is 7.83.